The maximum absolute atomic E-state index is 2.29. The molecule has 0 fully saturated rings. The summed E-state index contributed by atoms with van der Waals surface area (Å²) in [6.07, 6.45) is 0.883. The highest BCUT2D eigenvalue weighted by Gasteiger charge is 2.13. The molecule has 39 heavy (non-hydrogen) atoms. The molecule has 2 heteroatoms. The first-order valence-electron chi connectivity index (χ1n) is 13.3. The van der Waals surface area contributed by atoms with Gasteiger partial charge in [0.05, 0.1) is 0 Å². The lowest BCUT2D eigenvalue weighted by molar-refractivity contribution is 1.18. The van der Waals surface area contributed by atoms with E-state index in [1.165, 1.54) is 11.1 Å². The zero-order chi connectivity index (χ0) is 26.3. The Kier molecular flexibility index (Phi) is 7.18. The lowest BCUT2D eigenvalue weighted by Gasteiger charge is -2.26. The van der Waals surface area contributed by atoms with Crippen LogP contribution in [-0.2, 0) is 6.42 Å². The third-order valence-electron chi connectivity index (χ3n) is 6.85. The molecule has 6 aromatic rings. The third kappa shape index (κ3) is 5.61. The van der Waals surface area contributed by atoms with Gasteiger partial charge in [0.2, 0.25) is 0 Å². The Morgan fingerprint density at radius 1 is 0.256 bits per heavy atom. The largest absolute Gasteiger partial charge is 0.311 e. The summed E-state index contributed by atoms with van der Waals surface area (Å²) in [6, 6.07) is 59.9. The summed E-state index contributed by atoms with van der Waals surface area (Å²) >= 11 is 0. The molecule has 2 nitrogen and oxygen atoms in total. The van der Waals surface area contributed by atoms with Crippen LogP contribution in [0.4, 0.5) is 34.1 Å². The van der Waals surface area contributed by atoms with Crippen LogP contribution >= 0.6 is 0 Å². The summed E-state index contributed by atoms with van der Waals surface area (Å²) in [7, 11) is 0. The molecule has 188 valence electrons. The topological polar surface area (TPSA) is 6.48 Å². The molecule has 0 atom stereocenters. The van der Waals surface area contributed by atoms with E-state index in [0.717, 1.165) is 40.5 Å². The molecule has 0 aliphatic rings. The normalized spacial score (nSPS) is 10.7. The van der Waals surface area contributed by atoms with Gasteiger partial charge in [-0.3, -0.25) is 0 Å². The second kappa shape index (κ2) is 11.5. The zero-order valence-corrected chi connectivity index (χ0v) is 21.8. The van der Waals surface area contributed by atoms with E-state index in [1.807, 2.05) is 0 Å². The van der Waals surface area contributed by atoms with Crippen LogP contribution in [0.5, 0.6) is 0 Å². The van der Waals surface area contributed by atoms with Crippen LogP contribution in [0.3, 0.4) is 0 Å². The summed E-state index contributed by atoms with van der Waals surface area (Å²) in [5, 5.41) is 0. The standard InChI is InChI=1S/C37H30N2/c1-5-13-32(14-6-1)38(33-15-7-2-8-16-33)36-25-21-30(22-26-36)29-31-23-27-37(28-24-31)39(34-17-9-3-10-18-34)35-19-11-4-12-20-35/h1-28H,29H2. The van der Waals surface area contributed by atoms with Gasteiger partial charge in [-0.1, -0.05) is 97.1 Å². The van der Waals surface area contributed by atoms with E-state index in [1.54, 1.807) is 0 Å². The van der Waals surface area contributed by atoms with Gasteiger partial charge >= 0.3 is 0 Å². The number of anilines is 6. The fourth-order valence-electron chi connectivity index (χ4n) is 4.96. The number of nitrogens with zero attached hydrogens (tertiary/aromatic N) is 2. The predicted molar refractivity (Wildman–Crippen MR) is 165 cm³/mol. The summed E-state index contributed by atoms with van der Waals surface area (Å²) in [6.45, 7) is 0. The number of benzene rings is 6. The van der Waals surface area contributed by atoms with Crippen molar-refractivity contribution < 1.29 is 0 Å². The molecule has 0 heterocycles. The third-order valence-corrected chi connectivity index (χ3v) is 6.85. The Balaban J connectivity index is 1.24. The summed E-state index contributed by atoms with van der Waals surface area (Å²) in [4.78, 5) is 4.58. The molecule has 0 aromatic heterocycles. The fourth-order valence-corrected chi connectivity index (χ4v) is 4.96. The Morgan fingerprint density at radius 3 is 0.744 bits per heavy atom. The molecular formula is C37H30N2. The van der Waals surface area contributed by atoms with Gasteiger partial charge in [-0.25, -0.2) is 0 Å². The van der Waals surface area contributed by atoms with E-state index in [0.29, 0.717) is 0 Å². The number of rotatable bonds is 8. The van der Waals surface area contributed by atoms with Crippen molar-refractivity contribution in [3.8, 4) is 0 Å². The second-order valence-corrected chi connectivity index (χ2v) is 9.52. The first kappa shape index (κ1) is 24.3. The average molecular weight is 503 g/mol. The quantitative estimate of drug-likeness (QED) is 0.204. The maximum atomic E-state index is 2.29. The van der Waals surface area contributed by atoms with Crippen LogP contribution in [0.2, 0.25) is 0 Å². The predicted octanol–water partition coefficient (Wildman–Crippen LogP) is 10.2. The van der Waals surface area contributed by atoms with Crippen molar-refractivity contribution in [2.75, 3.05) is 9.80 Å². The maximum Gasteiger partial charge on any atom is 0.0461 e. The first-order valence-corrected chi connectivity index (χ1v) is 13.3. The Morgan fingerprint density at radius 2 is 0.487 bits per heavy atom. The number of para-hydroxylation sites is 4. The monoisotopic (exact) mass is 502 g/mol. The van der Waals surface area contributed by atoms with Crippen molar-refractivity contribution in [3.05, 3.63) is 181 Å². The lowest BCUT2D eigenvalue weighted by Crippen LogP contribution is -2.10. The van der Waals surface area contributed by atoms with E-state index >= 15 is 0 Å². The van der Waals surface area contributed by atoms with Gasteiger partial charge in [0.25, 0.3) is 0 Å². The van der Waals surface area contributed by atoms with E-state index in [2.05, 4.69) is 180 Å². The fraction of sp³-hybridized carbons (Fsp3) is 0.0270. The lowest BCUT2D eigenvalue weighted by atomic mass is 10.0. The molecular weight excluding hydrogens is 472 g/mol. The van der Waals surface area contributed by atoms with Crippen LogP contribution in [0.1, 0.15) is 11.1 Å². The van der Waals surface area contributed by atoms with Gasteiger partial charge in [-0.05, 0) is 90.3 Å². The molecule has 0 aliphatic carbocycles. The highest BCUT2D eigenvalue weighted by atomic mass is 15.1. The molecule has 0 radical (unpaired) electrons. The average Bonchev–Trinajstić information content (AvgIpc) is 3.01. The van der Waals surface area contributed by atoms with E-state index in [9.17, 15) is 0 Å². The minimum absolute atomic E-state index is 0.883. The highest BCUT2D eigenvalue weighted by Crippen LogP contribution is 2.36. The van der Waals surface area contributed by atoms with Gasteiger partial charge in [0.15, 0.2) is 0 Å². The zero-order valence-electron chi connectivity index (χ0n) is 21.8. The van der Waals surface area contributed by atoms with Gasteiger partial charge in [0, 0.05) is 34.1 Å². The number of hydrogen-bond acceptors (Lipinski definition) is 2. The molecule has 0 aliphatic heterocycles. The smallest absolute Gasteiger partial charge is 0.0461 e. The molecule has 6 rings (SSSR count). The van der Waals surface area contributed by atoms with Crippen molar-refractivity contribution >= 4 is 34.1 Å². The minimum atomic E-state index is 0.883. The van der Waals surface area contributed by atoms with E-state index in [-0.39, 0.29) is 0 Å². The summed E-state index contributed by atoms with van der Waals surface area (Å²) in [5.74, 6) is 0. The van der Waals surface area contributed by atoms with Crippen LogP contribution in [-0.4, -0.2) is 0 Å². The minimum Gasteiger partial charge on any atom is -0.311 e. The SMILES string of the molecule is c1ccc(N(c2ccccc2)c2ccc(Cc3ccc(N(c4ccccc4)c4ccccc4)cc3)cc2)cc1. The molecule has 0 N–H and O–H groups in total. The molecule has 0 saturated carbocycles. The summed E-state index contributed by atoms with van der Waals surface area (Å²) in [5.41, 5.74) is 9.45. The van der Waals surface area contributed by atoms with Gasteiger partial charge in [0.1, 0.15) is 0 Å². The van der Waals surface area contributed by atoms with Crippen molar-refractivity contribution in [2.24, 2.45) is 0 Å². The molecule has 0 bridgehead atoms. The molecule has 0 saturated heterocycles. The first-order chi connectivity index (χ1) is 19.3. The van der Waals surface area contributed by atoms with Gasteiger partial charge < -0.3 is 9.80 Å². The highest BCUT2D eigenvalue weighted by molar-refractivity contribution is 5.77. The van der Waals surface area contributed by atoms with Crippen LogP contribution in [0.25, 0.3) is 0 Å². The van der Waals surface area contributed by atoms with Crippen molar-refractivity contribution in [3.63, 3.8) is 0 Å². The van der Waals surface area contributed by atoms with Crippen LogP contribution in [0, 0.1) is 0 Å². The van der Waals surface area contributed by atoms with E-state index < -0.39 is 0 Å². The van der Waals surface area contributed by atoms with Crippen LogP contribution in [0.15, 0.2) is 170 Å². The van der Waals surface area contributed by atoms with Gasteiger partial charge in [-0.15, -0.1) is 0 Å². The molecule has 0 unspecified atom stereocenters. The molecule has 0 amide bonds. The van der Waals surface area contributed by atoms with Gasteiger partial charge in [-0.2, -0.15) is 0 Å². The summed E-state index contributed by atoms with van der Waals surface area (Å²) < 4.78 is 0. The number of hydrogen-bond donors (Lipinski definition) is 0. The Labute approximate surface area is 231 Å². The molecule has 0 spiro atoms. The Bertz CT molecular complexity index is 1380. The van der Waals surface area contributed by atoms with Crippen molar-refractivity contribution in [1.29, 1.82) is 0 Å². The van der Waals surface area contributed by atoms with Crippen LogP contribution < -0.4 is 9.80 Å². The van der Waals surface area contributed by atoms with Crippen molar-refractivity contribution in [1.82, 2.24) is 0 Å². The van der Waals surface area contributed by atoms with E-state index in [4.69, 9.17) is 0 Å². The van der Waals surface area contributed by atoms with Crippen molar-refractivity contribution in [2.45, 2.75) is 6.42 Å². The Hall–Kier alpha value is -5.08. The molecule has 6 aromatic carbocycles. The second-order valence-electron chi connectivity index (χ2n) is 9.52.